The summed E-state index contributed by atoms with van der Waals surface area (Å²) in [7, 11) is 0. The van der Waals surface area contributed by atoms with Crippen LogP contribution in [0.15, 0.2) is 29.0 Å². The fraction of sp³-hybridized carbons (Fsp3) is 0.526. The van der Waals surface area contributed by atoms with Gasteiger partial charge in [-0.25, -0.2) is 0 Å². The molecule has 5 heteroatoms. The van der Waals surface area contributed by atoms with Crippen molar-refractivity contribution in [2.24, 2.45) is 5.92 Å². The number of hydrogen-bond donors (Lipinski definition) is 1. The Bertz CT molecular complexity index is 686. The van der Waals surface area contributed by atoms with Gasteiger partial charge in [0.2, 0.25) is 0 Å². The molecule has 3 nitrogen and oxygen atoms in total. The Morgan fingerprint density at radius 2 is 2.08 bits per heavy atom. The molecule has 4 heterocycles. The van der Waals surface area contributed by atoms with E-state index in [-0.39, 0.29) is 0 Å². The molecule has 0 spiro atoms. The molecule has 2 atom stereocenters. The van der Waals surface area contributed by atoms with E-state index in [0.717, 1.165) is 44.8 Å². The largest absolute Gasteiger partial charge is 0.338 e. The molecule has 128 valence electrons. The first-order valence-corrected chi connectivity index (χ1v) is 10.7. The minimum absolute atomic E-state index is 0.340. The van der Waals surface area contributed by atoms with Gasteiger partial charge in [-0.1, -0.05) is 13.0 Å². The Balaban J connectivity index is 1.52. The molecule has 0 aromatic carbocycles. The van der Waals surface area contributed by atoms with Crippen LogP contribution in [0.1, 0.15) is 41.1 Å². The number of likely N-dealkylation sites (tertiary alicyclic amines) is 1. The number of carbonyl (C=O) groups is 1. The lowest BCUT2D eigenvalue weighted by atomic mass is 9.97. The first-order valence-electron chi connectivity index (χ1n) is 8.94. The zero-order chi connectivity index (χ0) is 16.5. The van der Waals surface area contributed by atoms with Crippen molar-refractivity contribution in [3.8, 4) is 0 Å². The molecule has 1 amide bonds. The third-order valence-electron chi connectivity index (χ3n) is 5.51. The van der Waals surface area contributed by atoms with Crippen LogP contribution in [0.5, 0.6) is 0 Å². The maximum absolute atomic E-state index is 12.8. The molecule has 1 N–H and O–H groups in total. The highest BCUT2D eigenvalue weighted by molar-refractivity contribution is 7.10. The van der Waals surface area contributed by atoms with Crippen molar-refractivity contribution < 1.29 is 9.69 Å². The van der Waals surface area contributed by atoms with Crippen LogP contribution >= 0.6 is 22.7 Å². The van der Waals surface area contributed by atoms with Crippen molar-refractivity contribution in [1.82, 2.24) is 4.90 Å². The summed E-state index contributed by atoms with van der Waals surface area (Å²) in [5, 5.41) is 4.36. The van der Waals surface area contributed by atoms with Gasteiger partial charge in [-0.15, -0.1) is 22.7 Å². The Morgan fingerprint density at radius 3 is 2.83 bits per heavy atom. The van der Waals surface area contributed by atoms with Crippen LogP contribution in [-0.2, 0) is 11.2 Å². The number of quaternary nitrogens is 1. The van der Waals surface area contributed by atoms with E-state index in [4.69, 9.17) is 0 Å². The molecule has 2 aliphatic rings. The first kappa shape index (κ1) is 16.3. The van der Waals surface area contributed by atoms with Crippen molar-refractivity contribution in [3.63, 3.8) is 0 Å². The number of carbonyl (C=O) groups excluding carboxylic acids is 1. The van der Waals surface area contributed by atoms with Crippen LogP contribution in [0.4, 0.5) is 0 Å². The van der Waals surface area contributed by atoms with E-state index in [1.165, 1.54) is 20.2 Å². The lowest BCUT2D eigenvalue weighted by Crippen LogP contribution is -3.14. The van der Waals surface area contributed by atoms with Crippen LogP contribution in [0.25, 0.3) is 0 Å². The Hall–Kier alpha value is -1.17. The zero-order valence-electron chi connectivity index (χ0n) is 14.2. The van der Waals surface area contributed by atoms with Gasteiger partial charge in [0.25, 0.3) is 5.91 Å². The molecule has 1 fully saturated rings. The molecule has 2 aromatic rings. The van der Waals surface area contributed by atoms with E-state index in [1.54, 1.807) is 0 Å². The molecule has 1 unspecified atom stereocenters. The first-order chi connectivity index (χ1) is 11.7. The highest BCUT2D eigenvalue weighted by atomic mass is 32.1. The molecule has 2 aliphatic heterocycles. The van der Waals surface area contributed by atoms with E-state index >= 15 is 0 Å². The summed E-state index contributed by atoms with van der Waals surface area (Å²) in [6, 6.07) is 6.98. The Labute approximate surface area is 151 Å². The maximum Gasteiger partial charge on any atom is 0.277 e. The van der Waals surface area contributed by atoms with Gasteiger partial charge in [0, 0.05) is 30.0 Å². The van der Waals surface area contributed by atoms with E-state index < -0.39 is 0 Å². The monoisotopic (exact) mass is 361 g/mol. The topological polar surface area (TPSA) is 24.8 Å². The summed E-state index contributed by atoms with van der Waals surface area (Å²) >= 11 is 3.69. The maximum atomic E-state index is 12.8. The number of rotatable bonds is 3. The van der Waals surface area contributed by atoms with E-state index in [2.05, 4.69) is 40.8 Å². The molecule has 4 rings (SSSR count). The highest BCUT2D eigenvalue weighted by Crippen LogP contribution is 2.31. The lowest BCUT2D eigenvalue weighted by molar-refractivity contribution is -0.919. The highest BCUT2D eigenvalue weighted by Gasteiger charge is 2.36. The van der Waals surface area contributed by atoms with Crippen LogP contribution in [-0.4, -0.2) is 37.0 Å². The van der Waals surface area contributed by atoms with Gasteiger partial charge in [-0.2, -0.15) is 0 Å². The normalized spacial score (nSPS) is 24.8. The predicted octanol–water partition coefficient (Wildman–Crippen LogP) is 2.60. The number of piperidine rings is 1. The minimum Gasteiger partial charge on any atom is -0.338 e. The van der Waals surface area contributed by atoms with Crippen molar-refractivity contribution in [2.75, 3.05) is 26.2 Å². The third kappa shape index (κ3) is 3.17. The molecule has 1 saturated heterocycles. The average Bonchev–Trinajstić information content (AvgIpc) is 3.26. The van der Waals surface area contributed by atoms with Gasteiger partial charge in [0.1, 0.15) is 6.04 Å². The van der Waals surface area contributed by atoms with Crippen LogP contribution in [0.3, 0.4) is 0 Å². The average molecular weight is 362 g/mol. The fourth-order valence-electron chi connectivity index (χ4n) is 4.01. The number of hydrogen-bond acceptors (Lipinski definition) is 3. The van der Waals surface area contributed by atoms with Crippen LogP contribution in [0, 0.1) is 5.92 Å². The second-order valence-corrected chi connectivity index (χ2v) is 9.13. The molecule has 24 heavy (non-hydrogen) atoms. The van der Waals surface area contributed by atoms with Crippen LogP contribution in [0.2, 0.25) is 0 Å². The quantitative estimate of drug-likeness (QED) is 0.893. The summed E-state index contributed by atoms with van der Waals surface area (Å²) in [4.78, 5) is 19.3. The van der Waals surface area contributed by atoms with Crippen molar-refractivity contribution in [2.45, 2.75) is 32.2 Å². The van der Waals surface area contributed by atoms with E-state index in [9.17, 15) is 4.79 Å². The summed E-state index contributed by atoms with van der Waals surface area (Å²) in [5.74, 6) is 1.11. The second-order valence-electron chi connectivity index (χ2n) is 7.15. The smallest absolute Gasteiger partial charge is 0.277 e. The predicted molar refractivity (Wildman–Crippen MR) is 99.9 cm³/mol. The molecule has 0 radical (unpaired) electrons. The molecule has 2 aromatic heterocycles. The summed E-state index contributed by atoms with van der Waals surface area (Å²) in [5.41, 5.74) is 1.45. The molecular weight excluding hydrogens is 336 g/mol. The summed E-state index contributed by atoms with van der Waals surface area (Å²) in [6.07, 6.45) is 3.42. The Kier molecular flexibility index (Phi) is 4.74. The third-order valence-corrected chi connectivity index (χ3v) is 7.45. The lowest BCUT2D eigenvalue weighted by Gasteiger charge is -2.35. The van der Waals surface area contributed by atoms with E-state index in [1.807, 2.05) is 22.7 Å². The van der Waals surface area contributed by atoms with E-state index in [0.29, 0.717) is 18.5 Å². The van der Waals surface area contributed by atoms with Gasteiger partial charge in [-0.05, 0) is 41.7 Å². The summed E-state index contributed by atoms with van der Waals surface area (Å²) in [6.45, 7) is 5.88. The zero-order valence-corrected chi connectivity index (χ0v) is 15.8. The van der Waals surface area contributed by atoms with Gasteiger partial charge in [0.15, 0.2) is 6.54 Å². The molecule has 0 saturated carbocycles. The number of nitrogens with zero attached hydrogens (tertiary/aromatic N) is 1. The minimum atomic E-state index is 0.340. The van der Waals surface area contributed by atoms with Crippen molar-refractivity contribution >= 4 is 28.6 Å². The van der Waals surface area contributed by atoms with Crippen molar-refractivity contribution in [1.29, 1.82) is 0 Å². The number of thiophene rings is 2. The standard InChI is InChI=1S/C19H24N2OS2/c1-14-4-8-20(9-5-14)18(22)13-21-10-6-16-15(7-12-24-16)19(21)17-3-2-11-23-17/h2-3,7,11-12,14,19H,4-6,8-10,13H2,1H3/p+1/t19-/m0/s1. The fourth-order valence-corrected chi connectivity index (χ4v) is 5.84. The van der Waals surface area contributed by atoms with Crippen molar-refractivity contribution in [3.05, 3.63) is 44.3 Å². The molecule has 0 bridgehead atoms. The second kappa shape index (κ2) is 6.98. The van der Waals surface area contributed by atoms with Gasteiger partial charge in [-0.3, -0.25) is 4.79 Å². The number of fused-ring (bicyclic) bond motifs is 1. The van der Waals surface area contributed by atoms with Gasteiger partial charge >= 0.3 is 0 Å². The number of nitrogens with one attached hydrogen (secondary N) is 1. The SMILES string of the molecule is CC1CCN(C(=O)C[NH+]2CCc3sccc3[C@H]2c2cccs2)CC1. The summed E-state index contributed by atoms with van der Waals surface area (Å²) < 4.78 is 0. The molecule has 0 aliphatic carbocycles. The van der Waals surface area contributed by atoms with Gasteiger partial charge < -0.3 is 9.80 Å². The van der Waals surface area contributed by atoms with Gasteiger partial charge in [0.05, 0.1) is 11.4 Å². The molecular formula is C19H25N2OS2+. The Morgan fingerprint density at radius 1 is 1.25 bits per heavy atom. The van der Waals surface area contributed by atoms with Crippen LogP contribution < -0.4 is 4.90 Å². The number of amides is 1.